The number of nitrogens with zero attached hydrogens (tertiary/aromatic N) is 2. The van der Waals surface area contributed by atoms with Crippen LogP contribution in [-0.2, 0) is 17.8 Å². The van der Waals surface area contributed by atoms with Gasteiger partial charge in [-0.15, -0.1) is 0 Å². The van der Waals surface area contributed by atoms with Crippen molar-refractivity contribution in [3.63, 3.8) is 0 Å². The summed E-state index contributed by atoms with van der Waals surface area (Å²) in [4.78, 5) is 16.3. The predicted molar refractivity (Wildman–Crippen MR) is 81.2 cm³/mol. The Balaban J connectivity index is 1.47. The van der Waals surface area contributed by atoms with Gasteiger partial charge in [-0.1, -0.05) is 24.3 Å². The van der Waals surface area contributed by atoms with Gasteiger partial charge in [0.2, 0.25) is 0 Å². The smallest absolute Gasteiger partial charge is 0.317 e. The van der Waals surface area contributed by atoms with E-state index in [9.17, 15) is 4.79 Å². The summed E-state index contributed by atoms with van der Waals surface area (Å²) in [5.41, 5.74) is 2.60. The number of rotatable bonds is 2. The predicted octanol–water partition coefficient (Wildman–Crippen LogP) is 1.08. The van der Waals surface area contributed by atoms with Crippen LogP contribution in [0.15, 0.2) is 24.3 Å². The molecule has 1 fully saturated rings. The van der Waals surface area contributed by atoms with Crippen molar-refractivity contribution in [2.24, 2.45) is 0 Å². The molecule has 0 unspecified atom stereocenters. The zero-order valence-electron chi connectivity index (χ0n) is 12.5. The van der Waals surface area contributed by atoms with Gasteiger partial charge in [-0.25, -0.2) is 4.79 Å². The minimum absolute atomic E-state index is 0.0329. The topological polar surface area (TPSA) is 44.8 Å². The monoisotopic (exact) mass is 289 g/mol. The summed E-state index contributed by atoms with van der Waals surface area (Å²) in [5.74, 6) is 0. The molecular formula is C16H23N3O2. The first-order valence-corrected chi connectivity index (χ1v) is 7.62. The summed E-state index contributed by atoms with van der Waals surface area (Å²) in [6.07, 6.45) is 0.954. The molecule has 3 rings (SSSR count). The molecule has 2 amide bonds. The second-order valence-corrected chi connectivity index (χ2v) is 5.88. The molecule has 1 aromatic carbocycles. The molecule has 1 aromatic rings. The second kappa shape index (κ2) is 6.45. The molecule has 5 heteroatoms. The number of nitrogens with one attached hydrogen (secondary N) is 1. The van der Waals surface area contributed by atoms with Gasteiger partial charge in [0.05, 0.1) is 12.7 Å². The van der Waals surface area contributed by atoms with Crippen molar-refractivity contribution in [1.82, 2.24) is 15.1 Å². The van der Waals surface area contributed by atoms with E-state index in [2.05, 4.69) is 35.5 Å². The van der Waals surface area contributed by atoms with Gasteiger partial charge in [-0.3, -0.25) is 0 Å². The first-order chi connectivity index (χ1) is 10.2. The number of likely N-dealkylation sites (N-methyl/N-ethyl adjacent to an activating group) is 1. The van der Waals surface area contributed by atoms with Gasteiger partial charge in [0.25, 0.3) is 0 Å². The Morgan fingerprint density at radius 3 is 2.71 bits per heavy atom. The molecular weight excluding hydrogens is 266 g/mol. The van der Waals surface area contributed by atoms with E-state index < -0.39 is 0 Å². The summed E-state index contributed by atoms with van der Waals surface area (Å²) in [7, 11) is 2.09. The normalized spacial score (nSPS) is 22.7. The molecule has 2 heterocycles. The zero-order valence-corrected chi connectivity index (χ0v) is 12.5. The lowest BCUT2D eigenvalue weighted by Crippen LogP contribution is -2.52. The first-order valence-electron chi connectivity index (χ1n) is 7.62. The maximum absolute atomic E-state index is 12.1. The van der Waals surface area contributed by atoms with Gasteiger partial charge in [-0.2, -0.15) is 0 Å². The lowest BCUT2D eigenvalue weighted by atomic mass is 9.99. The van der Waals surface area contributed by atoms with Crippen LogP contribution in [0.2, 0.25) is 0 Å². The Hall–Kier alpha value is -1.59. The van der Waals surface area contributed by atoms with E-state index in [-0.39, 0.29) is 12.1 Å². The largest absolute Gasteiger partial charge is 0.371 e. The van der Waals surface area contributed by atoms with Crippen LogP contribution in [0.3, 0.4) is 0 Å². The Bertz CT molecular complexity index is 498. The van der Waals surface area contributed by atoms with Crippen LogP contribution in [-0.4, -0.2) is 61.7 Å². The van der Waals surface area contributed by atoms with Gasteiger partial charge in [-0.05, 0) is 18.2 Å². The van der Waals surface area contributed by atoms with Crippen molar-refractivity contribution < 1.29 is 9.53 Å². The third-order valence-electron chi connectivity index (χ3n) is 4.31. The van der Waals surface area contributed by atoms with Gasteiger partial charge in [0.15, 0.2) is 0 Å². The highest BCUT2D eigenvalue weighted by atomic mass is 16.5. The quantitative estimate of drug-likeness (QED) is 0.886. The summed E-state index contributed by atoms with van der Waals surface area (Å²) >= 11 is 0. The molecule has 0 saturated carbocycles. The number of benzene rings is 1. The molecule has 21 heavy (non-hydrogen) atoms. The molecule has 2 aliphatic heterocycles. The number of fused-ring (bicyclic) bond motifs is 1. The molecule has 5 nitrogen and oxygen atoms in total. The molecule has 0 spiro atoms. The van der Waals surface area contributed by atoms with Gasteiger partial charge in [0, 0.05) is 39.1 Å². The van der Waals surface area contributed by atoms with Crippen molar-refractivity contribution in [2.45, 2.75) is 19.1 Å². The molecule has 2 aliphatic rings. The molecule has 1 atom stereocenters. The second-order valence-electron chi connectivity index (χ2n) is 5.88. The summed E-state index contributed by atoms with van der Waals surface area (Å²) in [5, 5.41) is 3.01. The van der Waals surface area contributed by atoms with E-state index in [1.807, 2.05) is 11.0 Å². The highest BCUT2D eigenvalue weighted by Gasteiger charge is 2.22. The number of amides is 2. The van der Waals surface area contributed by atoms with E-state index in [0.29, 0.717) is 13.2 Å². The average Bonchev–Trinajstić information content (AvgIpc) is 2.53. The van der Waals surface area contributed by atoms with Gasteiger partial charge < -0.3 is 19.9 Å². The summed E-state index contributed by atoms with van der Waals surface area (Å²) < 4.78 is 5.82. The van der Waals surface area contributed by atoms with E-state index in [1.54, 1.807) is 0 Å². The third-order valence-corrected chi connectivity index (χ3v) is 4.31. The lowest BCUT2D eigenvalue weighted by molar-refractivity contribution is 0.0293. The fraction of sp³-hybridized carbons (Fsp3) is 0.562. The molecule has 114 valence electrons. The van der Waals surface area contributed by atoms with Crippen LogP contribution in [0.1, 0.15) is 11.1 Å². The lowest BCUT2D eigenvalue weighted by Gasteiger charge is -2.33. The maximum Gasteiger partial charge on any atom is 0.317 e. The molecule has 1 saturated heterocycles. The SMILES string of the molecule is CN1CCN(C(=O)NC[C@@H]2Cc3ccccc3CO2)CC1. The molecule has 0 bridgehead atoms. The van der Waals surface area contributed by atoms with Crippen LogP contribution in [0, 0.1) is 0 Å². The number of carbonyl (C=O) groups excluding carboxylic acids is 1. The highest BCUT2D eigenvalue weighted by molar-refractivity contribution is 5.74. The average molecular weight is 289 g/mol. The molecule has 0 radical (unpaired) electrons. The van der Waals surface area contributed by atoms with E-state index >= 15 is 0 Å². The highest BCUT2D eigenvalue weighted by Crippen LogP contribution is 2.19. The van der Waals surface area contributed by atoms with Gasteiger partial charge in [0.1, 0.15) is 0 Å². The summed E-state index contributed by atoms with van der Waals surface area (Å²) in [6, 6.07) is 8.38. The first kappa shape index (κ1) is 14.4. The minimum atomic E-state index is 0.0329. The zero-order chi connectivity index (χ0) is 14.7. The minimum Gasteiger partial charge on any atom is -0.371 e. The maximum atomic E-state index is 12.1. The Labute approximate surface area is 125 Å². The van der Waals surface area contributed by atoms with Crippen molar-refractivity contribution in [3.8, 4) is 0 Å². The van der Waals surface area contributed by atoms with Crippen molar-refractivity contribution in [2.75, 3.05) is 39.8 Å². The van der Waals surface area contributed by atoms with Crippen LogP contribution in [0.4, 0.5) is 4.79 Å². The third kappa shape index (κ3) is 3.54. The fourth-order valence-corrected chi connectivity index (χ4v) is 2.86. The van der Waals surface area contributed by atoms with E-state index in [1.165, 1.54) is 11.1 Å². The summed E-state index contributed by atoms with van der Waals surface area (Å²) in [6.45, 7) is 4.72. The van der Waals surface area contributed by atoms with Crippen molar-refractivity contribution >= 4 is 6.03 Å². The standard InChI is InChI=1S/C16H23N3O2/c1-18-6-8-19(9-7-18)16(20)17-11-15-10-13-4-2-3-5-14(13)12-21-15/h2-5,15H,6-12H2,1H3,(H,17,20)/t15-/m0/s1. The Morgan fingerprint density at radius 1 is 1.24 bits per heavy atom. The number of piperazine rings is 1. The van der Waals surface area contributed by atoms with Crippen LogP contribution >= 0.6 is 0 Å². The molecule has 0 aliphatic carbocycles. The van der Waals surface area contributed by atoms with Crippen LogP contribution in [0.5, 0.6) is 0 Å². The number of hydrogen-bond donors (Lipinski definition) is 1. The number of hydrogen-bond acceptors (Lipinski definition) is 3. The van der Waals surface area contributed by atoms with Crippen molar-refractivity contribution in [3.05, 3.63) is 35.4 Å². The van der Waals surface area contributed by atoms with Crippen molar-refractivity contribution in [1.29, 1.82) is 0 Å². The fourth-order valence-electron chi connectivity index (χ4n) is 2.86. The Kier molecular flexibility index (Phi) is 4.41. The number of urea groups is 1. The molecule has 1 N–H and O–H groups in total. The molecule has 0 aromatic heterocycles. The van der Waals surface area contributed by atoms with Crippen LogP contribution < -0.4 is 5.32 Å². The van der Waals surface area contributed by atoms with Gasteiger partial charge >= 0.3 is 6.03 Å². The number of carbonyl (C=O) groups is 1. The Morgan fingerprint density at radius 2 is 1.95 bits per heavy atom. The van der Waals surface area contributed by atoms with Crippen LogP contribution in [0.25, 0.3) is 0 Å². The van der Waals surface area contributed by atoms with E-state index in [0.717, 1.165) is 32.6 Å². The number of ether oxygens (including phenoxy) is 1. The van der Waals surface area contributed by atoms with E-state index in [4.69, 9.17) is 4.74 Å².